The molecule has 1 heterocycles. The number of furan rings is 1. The number of nitrogens with one attached hydrogen (secondary N) is 2. The summed E-state index contributed by atoms with van der Waals surface area (Å²) in [7, 11) is 3.05. The van der Waals surface area contributed by atoms with Gasteiger partial charge in [0.25, 0.3) is 0 Å². The first-order valence-corrected chi connectivity index (χ1v) is 7.32. The van der Waals surface area contributed by atoms with Gasteiger partial charge in [-0.05, 0) is 26.3 Å². The van der Waals surface area contributed by atoms with E-state index in [1.54, 1.807) is 20.0 Å². The Hall–Kier alpha value is -1.29. The fraction of sp³-hybridized carbons (Fsp3) is 0.600. The minimum absolute atomic E-state index is 0. The van der Waals surface area contributed by atoms with E-state index < -0.39 is 5.97 Å². The highest BCUT2D eigenvalue weighted by Gasteiger charge is 2.15. The fourth-order valence-electron chi connectivity index (χ4n) is 1.86. The van der Waals surface area contributed by atoms with Crippen LogP contribution in [0.2, 0.25) is 0 Å². The summed E-state index contributed by atoms with van der Waals surface area (Å²) in [5, 5.41) is 6.31. The lowest BCUT2D eigenvalue weighted by Crippen LogP contribution is -2.37. The number of carbonyl (C=O) groups is 1. The Morgan fingerprint density at radius 3 is 2.74 bits per heavy atom. The van der Waals surface area contributed by atoms with E-state index in [0.29, 0.717) is 29.6 Å². The van der Waals surface area contributed by atoms with Gasteiger partial charge in [-0.3, -0.25) is 4.99 Å². The van der Waals surface area contributed by atoms with Gasteiger partial charge in [0.1, 0.15) is 17.1 Å². The van der Waals surface area contributed by atoms with Crippen molar-refractivity contribution in [1.82, 2.24) is 10.6 Å². The molecule has 2 N–H and O–H groups in total. The summed E-state index contributed by atoms with van der Waals surface area (Å²) < 4.78 is 15.5. The molecular weight excluding hydrogens is 413 g/mol. The molecule has 7 nitrogen and oxygen atoms in total. The summed E-state index contributed by atoms with van der Waals surface area (Å²) in [6, 6.07) is 1.68. The van der Waals surface area contributed by atoms with Crippen LogP contribution in [0.3, 0.4) is 0 Å². The van der Waals surface area contributed by atoms with Crippen LogP contribution >= 0.6 is 24.0 Å². The summed E-state index contributed by atoms with van der Waals surface area (Å²) in [6.45, 7) is 6.36. The van der Waals surface area contributed by atoms with Crippen molar-refractivity contribution in [3.05, 3.63) is 23.2 Å². The average Bonchev–Trinajstić information content (AvgIpc) is 2.90. The van der Waals surface area contributed by atoms with Crippen molar-refractivity contribution in [3.8, 4) is 0 Å². The molecule has 132 valence electrons. The van der Waals surface area contributed by atoms with Crippen LogP contribution in [-0.2, 0) is 16.0 Å². The van der Waals surface area contributed by atoms with Crippen molar-refractivity contribution in [3.63, 3.8) is 0 Å². The number of hydrogen-bond acceptors (Lipinski definition) is 5. The second kappa shape index (κ2) is 12.2. The van der Waals surface area contributed by atoms with Crippen LogP contribution in [0.15, 0.2) is 15.5 Å². The lowest BCUT2D eigenvalue weighted by atomic mass is 10.2. The van der Waals surface area contributed by atoms with Gasteiger partial charge in [-0.15, -0.1) is 24.0 Å². The van der Waals surface area contributed by atoms with Crippen molar-refractivity contribution < 1.29 is 18.7 Å². The lowest BCUT2D eigenvalue weighted by molar-refractivity contribution is 0.0599. The molecule has 0 radical (unpaired) electrons. The topological polar surface area (TPSA) is 85.1 Å². The predicted octanol–water partition coefficient (Wildman–Crippen LogP) is 2.08. The van der Waals surface area contributed by atoms with Crippen molar-refractivity contribution in [2.75, 3.05) is 33.9 Å². The van der Waals surface area contributed by atoms with Crippen molar-refractivity contribution >= 4 is 35.9 Å². The van der Waals surface area contributed by atoms with E-state index in [2.05, 4.69) is 15.6 Å². The molecule has 0 spiro atoms. The van der Waals surface area contributed by atoms with Gasteiger partial charge >= 0.3 is 5.97 Å². The standard InChI is InChI=1S/C15H25N3O4.HI/c1-5-21-8-6-7-17-15(16-3)18-10-12-9-13(11(2)22-12)14(19)20-4;/h9H,5-8,10H2,1-4H3,(H2,16,17,18);1H. The lowest BCUT2D eigenvalue weighted by Gasteiger charge is -2.10. The Kier molecular flexibility index (Phi) is 11.5. The molecule has 0 saturated carbocycles. The van der Waals surface area contributed by atoms with E-state index in [9.17, 15) is 4.79 Å². The number of aliphatic imine (C=N–C) groups is 1. The van der Waals surface area contributed by atoms with Crippen LogP contribution in [-0.4, -0.2) is 45.8 Å². The van der Waals surface area contributed by atoms with E-state index in [1.165, 1.54) is 7.11 Å². The number of nitrogens with zero attached hydrogens (tertiary/aromatic N) is 1. The van der Waals surface area contributed by atoms with E-state index in [1.807, 2.05) is 6.92 Å². The zero-order valence-corrected chi connectivity index (χ0v) is 16.4. The normalized spacial score (nSPS) is 10.9. The molecule has 1 aromatic heterocycles. The number of hydrogen-bond donors (Lipinski definition) is 2. The number of halogens is 1. The van der Waals surface area contributed by atoms with Gasteiger partial charge < -0.3 is 24.5 Å². The van der Waals surface area contributed by atoms with Crippen molar-refractivity contribution in [2.24, 2.45) is 4.99 Å². The molecular formula is C15H26IN3O4. The SMILES string of the molecule is CCOCCCNC(=NC)NCc1cc(C(=O)OC)c(C)o1.I. The Balaban J connectivity index is 0.00000484. The molecule has 1 aromatic rings. The van der Waals surface area contributed by atoms with Gasteiger partial charge in [0, 0.05) is 26.8 Å². The third kappa shape index (κ3) is 7.69. The second-order valence-electron chi connectivity index (χ2n) is 4.58. The molecule has 23 heavy (non-hydrogen) atoms. The van der Waals surface area contributed by atoms with Crippen LogP contribution in [0.25, 0.3) is 0 Å². The van der Waals surface area contributed by atoms with E-state index in [-0.39, 0.29) is 24.0 Å². The van der Waals surface area contributed by atoms with Gasteiger partial charge in [0.15, 0.2) is 5.96 Å². The molecule has 0 unspecified atom stereocenters. The fourth-order valence-corrected chi connectivity index (χ4v) is 1.86. The summed E-state index contributed by atoms with van der Waals surface area (Å²) in [5.41, 5.74) is 0.443. The van der Waals surface area contributed by atoms with Crippen LogP contribution in [0.1, 0.15) is 35.2 Å². The van der Waals surface area contributed by atoms with Crippen LogP contribution in [0, 0.1) is 6.92 Å². The zero-order chi connectivity index (χ0) is 16.4. The van der Waals surface area contributed by atoms with Crippen LogP contribution in [0.4, 0.5) is 0 Å². The molecule has 0 aliphatic rings. The number of aryl methyl sites for hydroxylation is 1. The first-order chi connectivity index (χ1) is 10.6. The molecule has 0 atom stereocenters. The molecule has 8 heteroatoms. The highest BCUT2D eigenvalue weighted by Crippen LogP contribution is 2.15. The number of guanidine groups is 1. The number of carbonyl (C=O) groups excluding carboxylic acids is 1. The summed E-state index contributed by atoms with van der Waals surface area (Å²) >= 11 is 0. The minimum Gasteiger partial charge on any atom is -0.465 e. The van der Waals surface area contributed by atoms with Gasteiger partial charge in [-0.1, -0.05) is 0 Å². The molecule has 0 aliphatic heterocycles. The van der Waals surface area contributed by atoms with Crippen LogP contribution in [0.5, 0.6) is 0 Å². The van der Waals surface area contributed by atoms with Crippen LogP contribution < -0.4 is 10.6 Å². The largest absolute Gasteiger partial charge is 0.465 e. The maximum absolute atomic E-state index is 11.5. The van der Waals surface area contributed by atoms with Gasteiger partial charge in [0.05, 0.1) is 13.7 Å². The smallest absolute Gasteiger partial charge is 0.341 e. The summed E-state index contributed by atoms with van der Waals surface area (Å²) in [5.74, 6) is 1.47. The molecule has 0 bridgehead atoms. The molecule has 0 fully saturated rings. The molecule has 0 amide bonds. The average molecular weight is 439 g/mol. The number of rotatable bonds is 8. The van der Waals surface area contributed by atoms with E-state index in [4.69, 9.17) is 13.9 Å². The second-order valence-corrected chi connectivity index (χ2v) is 4.58. The van der Waals surface area contributed by atoms with E-state index >= 15 is 0 Å². The maximum atomic E-state index is 11.5. The van der Waals surface area contributed by atoms with Gasteiger partial charge in [-0.2, -0.15) is 0 Å². The monoisotopic (exact) mass is 439 g/mol. The molecule has 1 rings (SSSR count). The highest BCUT2D eigenvalue weighted by atomic mass is 127. The first kappa shape index (κ1) is 21.7. The van der Waals surface area contributed by atoms with E-state index in [0.717, 1.165) is 26.2 Å². The third-order valence-corrected chi connectivity index (χ3v) is 2.99. The number of methoxy groups -OCH3 is 1. The number of ether oxygens (including phenoxy) is 2. The quantitative estimate of drug-likeness (QED) is 0.212. The molecule has 0 saturated heterocycles. The number of esters is 1. The minimum atomic E-state index is -0.397. The summed E-state index contributed by atoms with van der Waals surface area (Å²) in [4.78, 5) is 15.6. The Labute approximate surface area is 154 Å². The zero-order valence-electron chi connectivity index (χ0n) is 14.1. The van der Waals surface area contributed by atoms with Gasteiger partial charge in [-0.25, -0.2) is 4.79 Å². The predicted molar refractivity (Wildman–Crippen MR) is 99.5 cm³/mol. The van der Waals surface area contributed by atoms with Gasteiger partial charge in [0.2, 0.25) is 0 Å². The molecule has 0 aliphatic carbocycles. The maximum Gasteiger partial charge on any atom is 0.341 e. The Morgan fingerprint density at radius 2 is 2.13 bits per heavy atom. The third-order valence-electron chi connectivity index (χ3n) is 2.99. The molecule has 0 aromatic carbocycles. The first-order valence-electron chi connectivity index (χ1n) is 7.32. The highest BCUT2D eigenvalue weighted by molar-refractivity contribution is 14.0. The Morgan fingerprint density at radius 1 is 1.39 bits per heavy atom. The Bertz CT molecular complexity index is 503. The van der Waals surface area contributed by atoms with Crippen molar-refractivity contribution in [1.29, 1.82) is 0 Å². The summed E-state index contributed by atoms with van der Waals surface area (Å²) in [6.07, 6.45) is 0.904. The van der Waals surface area contributed by atoms with Crippen molar-refractivity contribution in [2.45, 2.75) is 26.8 Å².